The molecule has 0 radical (unpaired) electrons. The van der Waals surface area contributed by atoms with Crippen molar-refractivity contribution < 1.29 is 33.0 Å². The summed E-state index contributed by atoms with van der Waals surface area (Å²) >= 11 is 0. The first-order valence-corrected chi connectivity index (χ1v) is 10.6. The Labute approximate surface area is 170 Å². The summed E-state index contributed by atoms with van der Waals surface area (Å²) in [6, 6.07) is 4.52. The molecule has 2 rings (SSSR count). The number of sulfonamides is 1. The number of nitrogens with one attached hydrogen (secondary N) is 1. The van der Waals surface area contributed by atoms with Crippen LogP contribution in [0.1, 0.15) is 27.2 Å². The molecule has 1 aromatic carbocycles. The molecule has 1 heterocycles. The van der Waals surface area contributed by atoms with Crippen LogP contribution in [0.3, 0.4) is 0 Å². The summed E-state index contributed by atoms with van der Waals surface area (Å²) in [6.45, 7) is 5.12. The number of carbonyl (C=O) groups excluding carboxylic acids is 1. The second-order valence-corrected chi connectivity index (χ2v) is 8.54. The van der Waals surface area contributed by atoms with Crippen LogP contribution in [0.15, 0.2) is 29.2 Å². The van der Waals surface area contributed by atoms with E-state index in [2.05, 4.69) is 11.8 Å². The van der Waals surface area contributed by atoms with Crippen LogP contribution in [0.4, 0.5) is 0 Å². The van der Waals surface area contributed by atoms with Crippen molar-refractivity contribution in [1.82, 2.24) is 9.79 Å². The average molecular weight is 426 g/mol. The standard InChI is InChI=1S/C19H26N2O7S/c1-4-15(22)6-5-11-27-16-7-9-17(10-8-16)29(25,26)21-12-13(2)28-14(3)18(21)19(23)20-24/h7-10,13-15,18,22,24H,4,11-12H2,1-3H3,(H,20,23). The van der Waals surface area contributed by atoms with Crippen molar-refractivity contribution in [3.63, 3.8) is 0 Å². The number of rotatable bonds is 6. The molecule has 4 unspecified atom stereocenters. The Kier molecular flexibility index (Phi) is 8.01. The fourth-order valence-electron chi connectivity index (χ4n) is 2.97. The molecule has 1 aliphatic heterocycles. The van der Waals surface area contributed by atoms with Crippen LogP contribution in [-0.4, -0.2) is 66.4 Å². The third kappa shape index (κ3) is 5.68. The SMILES string of the molecule is CCC(O)C#CCOc1ccc(S(=O)(=O)N2CC(C)OC(C)C2C(=O)NO)cc1. The van der Waals surface area contributed by atoms with Gasteiger partial charge in [-0.2, -0.15) is 4.31 Å². The Bertz CT molecular complexity index is 861. The van der Waals surface area contributed by atoms with Gasteiger partial charge >= 0.3 is 0 Å². The summed E-state index contributed by atoms with van der Waals surface area (Å²) in [4.78, 5) is 12.0. The lowest BCUT2D eigenvalue weighted by atomic mass is 10.1. The van der Waals surface area contributed by atoms with Gasteiger partial charge in [0.15, 0.2) is 0 Å². The normalized spacial score (nSPS) is 23.6. The Morgan fingerprint density at radius 2 is 2.03 bits per heavy atom. The van der Waals surface area contributed by atoms with Crippen molar-refractivity contribution in [2.75, 3.05) is 13.2 Å². The number of hydrogen-bond acceptors (Lipinski definition) is 7. The third-order valence-electron chi connectivity index (χ3n) is 4.41. The van der Waals surface area contributed by atoms with E-state index >= 15 is 0 Å². The number of carbonyl (C=O) groups is 1. The number of hydroxylamine groups is 1. The summed E-state index contributed by atoms with van der Waals surface area (Å²) < 4.78 is 38.2. The molecule has 10 heteroatoms. The molecule has 1 fully saturated rings. The second kappa shape index (κ2) is 10.0. The average Bonchev–Trinajstić information content (AvgIpc) is 2.70. The fourth-order valence-corrected chi connectivity index (χ4v) is 4.69. The highest BCUT2D eigenvalue weighted by atomic mass is 32.2. The zero-order valence-corrected chi connectivity index (χ0v) is 17.3. The maximum Gasteiger partial charge on any atom is 0.264 e. The highest BCUT2D eigenvalue weighted by Gasteiger charge is 2.44. The highest BCUT2D eigenvalue weighted by Crippen LogP contribution is 2.27. The first-order valence-electron chi connectivity index (χ1n) is 9.21. The molecule has 1 amide bonds. The van der Waals surface area contributed by atoms with Gasteiger partial charge in [0.2, 0.25) is 10.0 Å². The van der Waals surface area contributed by atoms with Gasteiger partial charge in [-0.15, -0.1) is 0 Å². The molecule has 29 heavy (non-hydrogen) atoms. The number of amides is 1. The van der Waals surface area contributed by atoms with Gasteiger partial charge < -0.3 is 14.6 Å². The molecule has 9 nitrogen and oxygen atoms in total. The lowest BCUT2D eigenvalue weighted by molar-refractivity contribution is -0.146. The van der Waals surface area contributed by atoms with E-state index in [1.807, 2.05) is 6.92 Å². The van der Waals surface area contributed by atoms with E-state index < -0.39 is 40.3 Å². The minimum atomic E-state index is -4.02. The first kappa shape index (κ1) is 23.1. The molecule has 0 spiro atoms. The number of aliphatic hydroxyl groups is 1. The van der Waals surface area contributed by atoms with Gasteiger partial charge in [-0.3, -0.25) is 10.0 Å². The van der Waals surface area contributed by atoms with Crippen LogP contribution in [0.5, 0.6) is 5.75 Å². The number of aliphatic hydroxyl groups excluding tert-OH is 1. The van der Waals surface area contributed by atoms with Crippen molar-refractivity contribution in [2.45, 2.75) is 56.4 Å². The minimum Gasteiger partial charge on any atom is -0.481 e. The smallest absolute Gasteiger partial charge is 0.264 e. The Balaban J connectivity index is 2.18. The van der Waals surface area contributed by atoms with Gasteiger partial charge in [-0.25, -0.2) is 13.9 Å². The topological polar surface area (TPSA) is 125 Å². The molecule has 0 aromatic heterocycles. The summed E-state index contributed by atoms with van der Waals surface area (Å²) in [5.74, 6) is 4.86. The van der Waals surface area contributed by atoms with Crippen molar-refractivity contribution in [2.24, 2.45) is 0 Å². The van der Waals surface area contributed by atoms with E-state index in [0.717, 1.165) is 4.31 Å². The van der Waals surface area contributed by atoms with E-state index in [-0.39, 0.29) is 18.0 Å². The molecule has 0 bridgehead atoms. The summed E-state index contributed by atoms with van der Waals surface area (Å²) in [5, 5.41) is 18.4. The van der Waals surface area contributed by atoms with Crippen molar-refractivity contribution >= 4 is 15.9 Å². The van der Waals surface area contributed by atoms with Crippen LogP contribution >= 0.6 is 0 Å². The number of morpholine rings is 1. The van der Waals surface area contributed by atoms with Gasteiger partial charge in [0.05, 0.1) is 17.1 Å². The molecule has 0 saturated carbocycles. The number of nitrogens with zero attached hydrogens (tertiary/aromatic N) is 1. The van der Waals surface area contributed by atoms with E-state index in [1.54, 1.807) is 13.8 Å². The molecule has 3 N–H and O–H groups in total. The number of ether oxygens (including phenoxy) is 2. The Morgan fingerprint density at radius 3 is 2.62 bits per heavy atom. The van der Waals surface area contributed by atoms with E-state index in [0.29, 0.717) is 12.2 Å². The van der Waals surface area contributed by atoms with E-state index in [1.165, 1.54) is 29.7 Å². The maximum absolute atomic E-state index is 13.1. The predicted molar refractivity (Wildman–Crippen MR) is 104 cm³/mol. The van der Waals surface area contributed by atoms with Crippen LogP contribution in [0, 0.1) is 11.8 Å². The molecule has 1 aliphatic rings. The van der Waals surface area contributed by atoms with Crippen LogP contribution in [-0.2, 0) is 19.6 Å². The van der Waals surface area contributed by atoms with Gasteiger partial charge in [-0.1, -0.05) is 18.8 Å². The van der Waals surface area contributed by atoms with Crippen LogP contribution < -0.4 is 10.2 Å². The molecule has 0 aliphatic carbocycles. The summed E-state index contributed by atoms with van der Waals surface area (Å²) in [7, 11) is -4.02. The fraction of sp³-hybridized carbons (Fsp3) is 0.526. The van der Waals surface area contributed by atoms with Gasteiger partial charge in [0.25, 0.3) is 5.91 Å². The quantitative estimate of drug-likeness (QED) is 0.344. The highest BCUT2D eigenvalue weighted by molar-refractivity contribution is 7.89. The maximum atomic E-state index is 13.1. The van der Waals surface area contributed by atoms with Crippen LogP contribution in [0.2, 0.25) is 0 Å². The number of hydrogen-bond donors (Lipinski definition) is 3. The zero-order valence-electron chi connectivity index (χ0n) is 16.5. The molecular weight excluding hydrogens is 400 g/mol. The zero-order chi connectivity index (χ0) is 21.6. The van der Waals surface area contributed by atoms with Crippen LogP contribution in [0.25, 0.3) is 0 Å². The molecule has 4 atom stereocenters. The predicted octanol–water partition coefficient (Wildman–Crippen LogP) is 0.512. The van der Waals surface area contributed by atoms with Gasteiger partial charge in [-0.05, 0) is 44.5 Å². The van der Waals surface area contributed by atoms with E-state index in [4.69, 9.17) is 14.7 Å². The third-order valence-corrected chi connectivity index (χ3v) is 6.28. The molecule has 160 valence electrons. The van der Waals surface area contributed by atoms with Crippen molar-refractivity contribution in [3.05, 3.63) is 24.3 Å². The van der Waals surface area contributed by atoms with Crippen molar-refractivity contribution in [3.8, 4) is 17.6 Å². The molecule has 1 aromatic rings. The van der Waals surface area contributed by atoms with Crippen molar-refractivity contribution in [1.29, 1.82) is 0 Å². The number of benzene rings is 1. The lowest BCUT2D eigenvalue weighted by Gasteiger charge is -2.40. The monoisotopic (exact) mass is 426 g/mol. The lowest BCUT2D eigenvalue weighted by Crippen LogP contribution is -2.60. The van der Waals surface area contributed by atoms with E-state index in [9.17, 15) is 18.3 Å². The molecular formula is C19H26N2O7S. The molecule has 1 saturated heterocycles. The van der Waals surface area contributed by atoms with Gasteiger partial charge in [0, 0.05) is 6.54 Å². The Hall–Kier alpha value is -2.16. The second-order valence-electron chi connectivity index (χ2n) is 6.65. The summed E-state index contributed by atoms with van der Waals surface area (Å²) in [5.41, 5.74) is 1.51. The Morgan fingerprint density at radius 1 is 1.38 bits per heavy atom. The minimum absolute atomic E-state index is 0.0191. The largest absolute Gasteiger partial charge is 0.481 e. The van der Waals surface area contributed by atoms with Gasteiger partial charge in [0.1, 0.15) is 24.5 Å². The first-order chi connectivity index (χ1) is 13.7. The summed E-state index contributed by atoms with van der Waals surface area (Å²) in [6.07, 6.45) is -1.33.